The maximum atomic E-state index is 12.5. The molecule has 0 bridgehead atoms. The highest BCUT2D eigenvalue weighted by molar-refractivity contribution is 6.15. The molecule has 0 aliphatic heterocycles. The number of esters is 1. The molecule has 0 radical (unpaired) electrons. The van der Waals surface area contributed by atoms with Gasteiger partial charge in [0.15, 0.2) is 5.78 Å². The number of carbonyl (C=O) groups excluding carboxylic acids is 4. The third-order valence-corrected chi connectivity index (χ3v) is 3.49. The van der Waals surface area contributed by atoms with E-state index in [0.29, 0.717) is 0 Å². The van der Waals surface area contributed by atoms with Crippen LogP contribution in [0, 0.1) is 6.92 Å². The first-order valence-corrected chi connectivity index (χ1v) is 7.20. The van der Waals surface area contributed by atoms with Crippen LogP contribution in [0.25, 0.3) is 0 Å². The Hall–Kier alpha value is -3.42. The Bertz CT molecular complexity index is 881. The van der Waals surface area contributed by atoms with Crippen molar-refractivity contribution in [3.8, 4) is 0 Å². The fraction of sp³-hybridized carbons (Fsp3) is 0.176. The van der Waals surface area contributed by atoms with Crippen molar-refractivity contribution in [2.24, 2.45) is 5.73 Å². The molecule has 0 saturated heterocycles. The maximum Gasteiger partial charge on any atom is 0.338 e. The summed E-state index contributed by atoms with van der Waals surface area (Å²) in [6.07, 6.45) is 0. The van der Waals surface area contributed by atoms with Crippen molar-refractivity contribution in [1.29, 1.82) is 0 Å². The molecule has 0 aliphatic rings. The molecule has 1 aromatic carbocycles. The zero-order valence-corrected chi connectivity index (χ0v) is 13.8. The second-order valence-corrected chi connectivity index (χ2v) is 5.15. The van der Waals surface area contributed by atoms with E-state index in [-0.39, 0.29) is 33.9 Å². The Labute approximate surface area is 142 Å². The van der Waals surface area contributed by atoms with E-state index in [1.54, 1.807) is 12.1 Å². The van der Waals surface area contributed by atoms with Gasteiger partial charge in [-0.15, -0.1) is 0 Å². The maximum absolute atomic E-state index is 12.5. The molecular weight excluding hydrogens is 328 g/mol. The van der Waals surface area contributed by atoms with Crippen LogP contribution in [0.3, 0.4) is 0 Å². The Balaban J connectivity index is 2.47. The summed E-state index contributed by atoms with van der Waals surface area (Å²) in [6.45, 7) is 2.73. The third kappa shape index (κ3) is 3.42. The predicted octanol–water partition coefficient (Wildman–Crippen LogP) is 1.93. The van der Waals surface area contributed by atoms with Crippen LogP contribution in [0.1, 0.15) is 54.1 Å². The van der Waals surface area contributed by atoms with Crippen molar-refractivity contribution in [3.05, 3.63) is 52.3 Å². The summed E-state index contributed by atoms with van der Waals surface area (Å²) < 4.78 is 9.95. The molecule has 0 fully saturated rings. The number of methoxy groups -OCH3 is 1. The molecule has 8 heteroatoms. The average molecular weight is 344 g/mol. The Morgan fingerprint density at radius 2 is 1.68 bits per heavy atom. The molecule has 25 heavy (non-hydrogen) atoms. The summed E-state index contributed by atoms with van der Waals surface area (Å²) in [5.74, 6) is -2.85. The number of nitrogens with two attached hydrogens (primary N) is 1. The van der Waals surface area contributed by atoms with E-state index in [4.69, 9.17) is 10.2 Å². The van der Waals surface area contributed by atoms with Crippen molar-refractivity contribution in [2.45, 2.75) is 13.8 Å². The van der Waals surface area contributed by atoms with E-state index in [0.717, 1.165) is 0 Å². The molecule has 1 heterocycles. The first-order valence-electron chi connectivity index (χ1n) is 7.20. The minimum Gasteiger partial charge on any atom is -0.465 e. The van der Waals surface area contributed by atoms with Gasteiger partial charge in [-0.05, 0) is 26.0 Å². The SMILES string of the molecule is COC(=O)c1ccccc1C(=O)Nc1oc(C)c(C(C)=O)c1C(N)=O. The second kappa shape index (κ2) is 7.00. The quantitative estimate of drug-likeness (QED) is 0.630. The Kier molecular flexibility index (Phi) is 5.02. The van der Waals surface area contributed by atoms with Crippen molar-refractivity contribution in [1.82, 2.24) is 0 Å². The number of Topliss-reactive ketones (excluding diaryl/α,β-unsaturated/α-hetero) is 1. The van der Waals surface area contributed by atoms with Crippen LogP contribution in [0.4, 0.5) is 5.88 Å². The number of furan rings is 1. The largest absolute Gasteiger partial charge is 0.465 e. The first-order chi connectivity index (χ1) is 11.8. The number of primary amides is 1. The second-order valence-electron chi connectivity index (χ2n) is 5.15. The standard InChI is InChI=1S/C17H16N2O6/c1-8(20)12-9(2)25-16(13(12)14(18)21)19-15(22)10-6-4-5-7-11(10)17(23)24-3/h4-7H,1-3H3,(H2,18,21)(H,19,22). The van der Waals surface area contributed by atoms with Gasteiger partial charge in [-0.2, -0.15) is 0 Å². The van der Waals surface area contributed by atoms with Crippen LogP contribution in [-0.2, 0) is 4.74 Å². The molecule has 0 saturated carbocycles. The zero-order chi connectivity index (χ0) is 18.7. The smallest absolute Gasteiger partial charge is 0.338 e. The lowest BCUT2D eigenvalue weighted by Gasteiger charge is -2.08. The number of benzene rings is 1. The van der Waals surface area contributed by atoms with Crippen molar-refractivity contribution >= 4 is 29.5 Å². The summed E-state index contributed by atoms with van der Waals surface area (Å²) >= 11 is 0. The average Bonchev–Trinajstić information content (AvgIpc) is 2.90. The number of nitrogens with one attached hydrogen (secondary N) is 1. The van der Waals surface area contributed by atoms with Gasteiger partial charge in [-0.3, -0.25) is 19.7 Å². The monoisotopic (exact) mass is 344 g/mol. The molecule has 0 atom stereocenters. The van der Waals surface area contributed by atoms with E-state index < -0.39 is 23.6 Å². The lowest BCUT2D eigenvalue weighted by molar-refractivity contribution is 0.0597. The normalized spacial score (nSPS) is 10.2. The van der Waals surface area contributed by atoms with Gasteiger partial charge in [-0.1, -0.05) is 12.1 Å². The molecule has 2 aromatic rings. The van der Waals surface area contributed by atoms with Crippen LogP contribution in [0.2, 0.25) is 0 Å². The number of hydrogen-bond donors (Lipinski definition) is 2. The fourth-order valence-electron chi connectivity index (χ4n) is 2.43. The van der Waals surface area contributed by atoms with E-state index in [2.05, 4.69) is 10.1 Å². The summed E-state index contributed by atoms with van der Waals surface area (Å²) in [4.78, 5) is 47.7. The third-order valence-electron chi connectivity index (χ3n) is 3.49. The summed E-state index contributed by atoms with van der Waals surface area (Å²) in [5.41, 5.74) is 5.15. The highest BCUT2D eigenvalue weighted by Crippen LogP contribution is 2.28. The molecule has 2 amide bonds. The van der Waals surface area contributed by atoms with Gasteiger partial charge in [0.1, 0.15) is 11.3 Å². The molecule has 1 aromatic heterocycles. The predicted molar refractivity (Wildman–Crippen MR) is 87.7 cm³/mol. The molecule has 0 unspecified atom stereocenters. The molecule has 8 nitrogen and oxygen atoms in total. The molecule has 0 aliphatic carbocycles. The molecule has 3 N–H and O–H groups in total. The Morgan fingerprint density at radius 1 is 1.08 bits per heavy atom. The number of ether oxygens (including phenoxy) is 1. The van der Waals surface area contributed by atoms with Gasteiger partial charge in [0, 0.05) is 0 Å². The van der Waals surface area contributed by atoms with Gasteiger partial charge in [0.25, 0.3) is 11.8 Å². The molecule has 2 rings (SSSR count). The van der Waals surface area contributed by atoms with Gasteiger partial charge in [0.2, 0.25) is 5.88 Å². The van der Waals surface area contributed by atoms with Crippen molar-refractivity contribution in [3.63, 3.8) is 0 Å². The highest BCUT2D eigenvalue weighted by Gasteiger charge is 2.27. The summed E-state index contributed by atoms with van der Waals surface area (Å²) in [5, 5.41) is 2.38. The van der Waals surface area contributed by atoms with Crippen LogP contribution < -0.4 is 11.1 Å². The lowest BCUT2D eigenvalue weighted by atomic mass is 10.1. The van der Waals surface area contributed by atoms with Gasteiger partial charge in [-0.25, -0.2) is 4.79 Å². The van der Waals surface area contributed by atoms with E-state index in [1.165, 1.54) is 33.1 Å². The summed E-state index contributed by atoms with van der Waals surface area (Å²) in [7, 11) is 1.19. The minimum atomic E-state index is -0.918. The zero-order valence-electron chi connectivity index (χ0n) is 13.8. The van der Waals surface area contributed by atoms with Crippen LogP contribution in [-0.4, -0.2) is 30.7 Å². The van der Waals surface area contributed by atoms with E-state index >= 15 is 0 Å². The lowest BCUT2D eigenvalue weighted by Crippen LogP contribution is -2.20. The molecule has 0 spiro atoms. The van der Waals surface area contributed by atoms with Crippen LogP contribution >= 0.6 is 0 Å². The topological polar surface area (TPSA) is 129 Å². The number of ketones is 1. The number of rotatable bonds is 5. The number of hydrogen-bond acceptors (Lipinski definition) is 6. The summed E-state index contributed by atoms with van der Waals surface area (Å²) in [6, 6.07) is 5.96. The van der Waals surface area contributed by atoms with Crippen molar-refractivity contribution < 1.29 is 28.3 Å². The molecular formula is C17H16N2O6. The van der Waals surface area contributed by atoms with Crippen LogP contribution in [0.15, 0.2) is 28.7 Å². The Morgan fingerprint density at radius 3 is 2.20 bits per heavy atom. The van der Waals surface area contributed by atoms with Gasteiger partial charge in [0.05, 0.1) is 23.8 Å². The first kappa shape index (κ1) is 17.9. The fourth-order valence-corrected chi connectivity index (χ4v) is 2.43. The highest BCUT2D eigenvalue weighted by atomic mass is 16.5. The number of anilines is 1. The van der Waals surface area contributed by atoms with E-state index in [1.807, 2.05) is 0 Å². The number of amides is 2. The van der Waals surface area contributed by atoms with Gasteiger partial charge < -0.3 is 14.9 Å². The number of carbonyl (C=O) groups is 4. The van der Waals surface area contributed by atoms with Gasteiger partial charge >= 0.3 is 5.97 Å². The minimum absolute atomic E-state index is 0.00375. The molecule has 130 valence electrons. The van der Waals surface area contributed by atoms with E-state index in [9.17, 15) is 19.2 Å². The van der Waals surface area contributed by atoms with Crippen LogP contribution in [0.5, 0.6) is 0 Å². The number of aryl methyl sites for hydroxylation is 1. The van der Waals surface area contributed by atoms with Crippen molar-refractivity contribution in [2.75, 3.05) is 12.4 Å².